The minimum Gasteiger partial charge on any atom is -0.436 e. The molecule has 4 fully saturated rings. The first-order valence-corrected chi connectivity index (χ1v) is 15.3. The molecule has 222 valence electrons. The highest BCUT2D eigenvalue weighted by Gasteiger charge is 2.42. The Kier molecular flexibility index (Phi) is 7.20. The first kappa shape index (κ1) is 27.4. The monoisotopic (exact) mass is 581 g/mol. The van der Waals surface area contributed by atoms with Crippen molar-refractivity contribution in [2.45, 2.75) is 63.5 Å². The fourth-order valence-electron chi connectivity index (χ4n) is 6.14. The van der Waals surface area contributed by atoms with Gasteiger partial charge in [0, 0.05) is 47.4 Å². The number of likely N-dealkylation sites (tertiary alicyclic amines) is 2. The van der Waals surface area contributed by atoms with Crippen LogP contribution < -0.4 is 10.6 Å². The maximum Gasteiger partial charge on any atom is 0.247 e. The zero-order chi connectivity index (χ0) is 29.5. The van der Waals surface area contributed by atoms with Crippen molar-refractivity contribution < 1.29 is 23.6 Å². The Hall–Kier alpha value is -4.47. The standard InChI is InChI=1S/C33H35N5O5/c39-29(26-3-1-17-37(26)32(41)22-5-6-22)35-24-13-9-20(10-14-24)28-19-34-31(43-28)21-11-15-25(16-12-21)36-30(40)27-4-2-18-38(27)33(42)23-7-8-23/h9-16,19,22-23,26-27H,1-8,17-18H2,(H,35,39)(H,36,40)/t26-,27+/m0/s1. The molecule has 2 atom stereocenters. The predicted octanol–water partition coefficient (Wildman–Crippen LogP) is 4.69. The van der Waals surface area contributed by atoms with E-state index in [2.05, 4.69) is 15.6 Å². The molecule has 2 aliphatic heterocycles. The van der Waals surface area contributed by atoms with Gasteiger partial charge in [-0.1, -0.05) is 0 Å². The highest BCUT2D eigenvalue weighted by Crippen LogP contribution is 2.35. The van der Waals surface area contributed by atoms with E-state index < -0.39 is 12.1 Å². The molecule has 10 heteroatoms. The molecular weight excluding hydrogens is 546 g/mol. The molecule has 0 spiro atoms. The molecule has 7 rings (SSSR count). The number of aromatic nitrogens is 1. The lowest BCUT2D eigenvalue weighted by molar-refractivity contribution is -0.137. The fourth-order valence-corrected chi connectivity index (χ4v) is 6.14. The van der Waals surface area contributed by atoms with E-state index in [-0.39, 0.29) is 35.5 Å². The maximum absolute atomic E-state index is 12.9. The number of carbonyl (C=O) groups excluding carboxylic acids is 4. The molecule has 2 aromatic carbocycles. The van der Waals surface area contributed by atoms with Crippen molar-refractivity contribution in [3.8, 4) is 22.8 Å². The molecule has 3 heterocycles. The van der Waals surface area contributed by atoms with Gasteiger partial charge in [-0.25, -0.2) is 4.98 Å². The second-order valence-corrected chi connectivity index (χ2v) is 12.1. The van der Waals surface area contributed by atoms with Gasteiger partial charge in [-0.05, 0) is 99.9 Å². The van der Waals surface area contributed by atoms with Crippen LogP contribution in [0.4, 0.5) is 11.4 Å². The van der Waals surface area contributed by atoms with Crippen LogP contribution in [-0.4, -0.2) is 63.6 Å². The van der Waals surface area contributed by atoms with Crippen molar-refractivity contribution in [1.29, 1.82) is 0 Å². The van der Waals surface area contributed by atoms with Crippen molar-refractivity contribution >= 4 is 35.0 Å². The third kappa shape index (κ3) is 5.78. The molecule has 1 aromatic heterocycles. The third-order valence-corrected chi connectivity index (χ3v) is 8.87. The van der Waals surface area contributed by atoms with Gasteiger partial charge >= 0.3 is 0 Å². The van der Waals surface area contributed by atoms with Gasteiger partial charge in [0.15, 0.2) is 5.76 Å². The van der Waals surface area contributed by atoms with Gasteiger partial charge in [0.1, 0.15) is 12.1 Å². The number of carbonyl (C=O) groups is 4. The van der Waals surface area contributed by atoms with E-state index in [0.29, 0.717) is 49.0 Å². The molecular formula is C33H35N5O5. The largest absolute Gasteiger partial charge is 0.436 e. The van der Waals surface area contributed by atoms with Gasteiger partial charge < -0.3 is 24.9 Å². The van der Waals surface area contributed by atoms with Crippen LogP contribution in [0, 0.1) is 11.8 Å². The van der Waals surface area contributed by atoms with Crippen LogP contribution >= 0.6 is 0 Å². The molecule has 0 unspecified atom stereocenters. The van der Waals surface area contributed by atoms with E-state index in [1.165, 1.54) is 0 Å². The lowest BCUT2D eigenvalue weighted by Gasteiger charge is -2.24. The summed E-state index contributed by atoms with van der Waals surface area (Å²) in [6.45, 7) is 1.30. The van der Waals surface area contributed by atoms with Gasteiger partial charge in [-0.15, -0.1) is 0 Å². The number of nitrogens with zero attached hydrogens (tertiary/aromatic N) is 3. The molecule has 2 N–H and O–H groups in total. The van der Waals surface area contributed by atoms with Crippen LogP contribution in [0.3, 0.4) is 0 Å². The Morgan fingerprint density at radius 3 is 1.58 bits per heavy atom. The van der Waals surface area contributed by atoms with Crippen molar-refractivity contribution in [1.82, 2.24) is 14.8 Å². The molecule has 2 saturated carbocycles. The van der Waals surface area contributed by atoms with E-state index in [0.717, 1.165) is 49.7 Å². The van der Waals surface area contributed by atoms with Crippen molar-refractivity contribution in [2.75, 3.05) is 23.7 Å². The van der Waals surface area contributed by atoms with Crippen LogP contribution in [0.2, 0.25) is 0 Å². The second kappa shape index (κ2) is 11.3. The summed E-state index contributed by atoms with van der Waals surface area (Å²) >= 11 is 0. The molecule has 3 aromatic rings. The summed E-state index contributed by atoms with van der Waals surface area (Å²) in [4.78, 5) is 58.9. The number of rotatable bonds is 8. The molecule has 0 radical (unpaired) electrons. The number of hydrogen-bond acceptors (Lipinski definition) is 6. The van der Waals surface area contributed by atoms with Crippen LogP contribution in [-0.2, 0) is 19.2 Å². The normalized spacial score (nSPS) is 21.6. The van der Waals surface area contributed by atoms with E-state index >= 15 is 0 Å². The lowest BCUT2D eigenvalue weighted by Crippen LogP contribution is -2.43. The first-order valence-electron chi connectivity index (χ1n) is 15.3. The average Bonchev–Trinajstić information content (AvgIpc) is 3.88. The van der Waals surface area contributed by atoms with Crippen LogP contribution in [0.5, 0.6) is 0 Å². The van der Waals surface area contributed by atoms with Gasteiger partial charge in [0.2, 0.25) is 29.5 Å². The minimum atomic E-state index is -0.407. The summed E-state index contributed by atoms with van der Waals surface area (Å²) in [7, 11) is 0. The molecule has 2 saturated heterocycles. The zero-order valence-corrected chi connectivity index (χ0v) is 24.0. The molecule has 43 heavy (non-hydrogen) atoms. The van der Waals surface area contributed by atoms with Crippen molar-refractivity contribution in [3.63, 3.8) is 0 Å². The number of hydrogen-bond donors (Lipinski definition) is 2. The van der Waals surface area contributed by atoms with Crippen LogP contribution in [0.1, 0.15) is 51.4 Å². The molecule has 2 aliphatic carbocycles. The topological polar surface area (TPSA) is 125 Å². The average molecular weight is 582 g/mol. The van der Waals surface area contributed by atoms with E-state index in [4.69, 9.17) is 4.42 Å². The van der Waals surface area contributed by atoms with Crippen LogP contribution in [0.15, 0.2) is 59.1 Å². The number of amides is 4. The van der Waals surface area contributed by atoms with Crippen molar-refractivity contribution in [3.05, 3.63) is 54.7 Å². The van der Waals surface area contributed by atoms with Crippen molar-refractivity contribution in [2.24, 2.45) is 11.8 Å². The van der Waals surface area contributed by atoms with Gasteiger partial charge in [0.05, 0.1) is 6.20 Å². The number of oxazole rings is 1. The molecule has 4 aliphatic rings. The summed E-state index contributed by atoms with van der Waals surface area (Å²) < 4.78 is 6.02. The Balaban J connectivity index is 0.954. The van der Waals surface area contributed by atoms with E-state index in [1.54, 1.807) is 28.1 Å². The Morgan fingerprint density at radius 1 is 0.651 bits per heavy atom. The highest BCUT2D eigenvalue weighted by molar-refractivity contribution is 5.99. The molecule has 4 amide bonds. The summed E-state index contributed by atoms with van der Waals surface area (Å²) in [5.74, 6) is 1.19. The zero-order valence-electron chi connectivity index (χ0n) is 24.0. The molecule has 10 nitrogen and oxygen atoms in total. The van der Waals surface area contributed by atoms with E-state index in [9.17, 15) is 19.2 Å². The SMILES string of the molecule is O=C(Nc1ccc(-c2ncc(-c3ccc(NC(=O)[C@@H]4CCCN4C(=O)C4CC4)cc3)o2)cc1)[C@H]1CCCN1C(=O)C1CC1. The summed E-state index contributed by atoms with van der Waals surface area (Å²) in [6.07, 6.45) is 8.46. The second-order valence-electron chi connectivity index (χ2n) is 12.1. The maximum atomic E-state index is 12.9. The number of nitrogens with one attached hydrogen (secondary N) is 2. The quantitative estimate of drug-likeness (QED) is 0.398. The summed E-state index contributed by atoms with van der Waals surface area (Å²) in [5, 5.41) is 5.92. The Bertz CT molecular complexity index is 1430. The van der Waals surface area contributed by atoms with Gasteiger partial charge in [0.25, 0.3) is 0 Å². The smallest absolute Gasteiger partial charge is 0.247 e. The molecule has 0 bridgehead atoms. The minimum absolute atomic E-state index is 0.106. The van der Waals surface area contributed by atoms with E-state index in [1.807, 2.05) is 36.4 Å². The highest BCUT2D eigenvalue weighted by atomic mass is 16.4. The first-order chi connectivity index (χ1) is 20.9. The van der Waals surface area contributed by atoms with Gasteiger partial charge in [-0.3, -0.25) is 19.2 Å². The number of anilines is 2. The summed E-state index contributed by atoms with van der Waals surface area (Å²) in [6, 6.07) is 13.8. The fraction of sp³-hybridized carbons (Fsp3) is 0.424. The van der Waals surface area contributed by atoms with Gasteiger partial charge in [-0.2, -0.15) is 0 Å². The van der Waals surface area contributed by atoms with Crippen LogP contribution in [0.25, 0.3) is 22.8 Å². The Morgan fingerprint density at radius 2 is 1.12 bits per heavy atom. The number of benzene rings is 2. The summed E-state index contributed by atoms with van der Waals surface area (Å²) in [5.41, 5.74) is 2.89. The lowest BCUT2D eigenvalue weighted by atomic mass is 10.1. The Labute approximate surface area is 249 Å². The predicted molar refractivity (Wildman–Crippen MR) is 160 cm³/mol. The third-order valence-electron chi connectivity index (χ3n) is 8.87.